The van der Waals surface area contributed by atoms with Gasteiger partial charge in [0.25, 0.3) is 0 Å². The third-order valence-corrected chi connectivity index (χ3v) is 2.81. The number of hydrogen-bond donors (Lipinski definition) is 1. The first-order valence-corrected chi connectivity index (χ1v) is 6.41. The van der Waals surface area contributed by atoms with E-state index in [-0.39, 0.29) is 5.91 Å². The molecule has 0 atom stereocenters. The number of carbonyl (C=O) groups excluding carboxylic acids is 1. The van der Waals surface area contributed by atoms with E-state index in [4.69, 9.17) is 28.9 Å². The minimum Gasteiger partial charge on any atom is -0.341 e. The average Bonchev–Trinajstić information content (AvgIpc) is 2.12. The van der Waals surface area contributed by atoms with Gasteiger partial charge in [-0.05, 0) is 37.6 Å². The second-order valence-corrected chi connectivity index (χ2v) is 6.07. The molecule has 0 bridgehead atoms. The summed E-state index contributed by atoms with van der Waals surface area (Å²) in [6.07, 6.45) is 0.303. The first-order chi connectivity index (χ1) is 8.17. The Hall–Kier alpha value is -0.770. The van der Waals surface area contributed by atoms with Crippen molar-refractivity contribution in [2.24, 2.45) is 5.73 Å². The monoisotopic (exact) mass is 288 g/mol. The van der Waals surface area contributed by atoms with E-state index in [0.29, 0.717) is 23.0 Å². The van der Waals surface area contributed by atoms with E-state index >= 15 is 0 Å². The summed E-state index contributed by atoms with van der Waals surface area (Å²) in [5.41, 5.74) is 6.22. The number of hydrogen-bond acceptors (Lipinski definition) is 2. The summed E-state index contributed by atoms with van der Waals surface area (Å²) < 4.78 is 0. The highest BCUT2D eigenvalue weighted by molar-refractivity contribution is 6.34. The number of amides is 1. The van der Waals surface area contributed by atoms with Crippen LogP contribution in [0.4, 0.5) is 0 Å². The first-order valence-electron chi connectivity index (χ1n) is 5.65. The predicted molar refractivity (Wildman–Crippen MR) is 75.8 cm³/mol. The Morgan fingerprint density at radius 3 is 2.22 bits per heavy atom. The van der Waals surface area contributed by atoms with Crippen LogP contribution >= 0.6 is 23.2 Å². The van der Waals surface area contributed by atoms with Crippen LogP contribution < -0.4 is 5.73 Å². The van der Waals surface area contributed by atoms with Crippen molar-refractivity contribution in [2.75, 3.05) is 7.05 Å². The van der Waals surface area contributed by atoms with E-state index in [2.05, 4.69) is 0 Å². The zero-order chi connectivity index (χ0) is 13.9. The zero-order valence-electron chi connectivity index (χ0n) is 10.8. The van der Waals surface area contributed by atoms with E-state index in [1.807, 2.05) is 13.8 Å². The van der Waals surface area contributed by atoms with Crippen molar-refractivity contribution in [1.29, 1.82) is 0 Å². The van der Waals surface area contributed by atoms with Gasteiger partial charge in [0.05, 0.1) is 0 Å². The maximum Gasteiger partial charge on any atom is 0.224 e. The van der Waals surface area contributed by atoms with Gasteiger partial charge in [-0.2, -0.15) is 0 Å². The molecule has 100 valence electrons. The Morgan fingerprint density at radius 2 is 1.78 bits per heavy atom. The standard InChI is InChI=1S/C13H18Cl2N2O/c1-13(2,16)7-12(18)17(3)8-9-4-10(14)6-11(15)5-9/h4-6H,7-8,16H2,1-3H3. The Kier molecular flexibility index (Phi) is 5.02. The molecule has 2 N–H and O–H groups in total. The van der Waals surface area contributed by atoms with Crippen LogP contribution in [0.1, 0.15) is 25.8 Å². The SMILES string of the molecule is CN(Cc1cc(Cl)cc(Cl)c1)C(=O)CC(C)(C)N. The van der Waals surface area contributed by atoms with E-state index < -0.39 is 5.54 Å². The fourth-order valence-corrected chi connectivity index (χ4v) is 2.16. The molecule has 0 saturated heterocycles. The number of carbonyl (C=O) groups is 1. The molecule has 0 fully saturated rings. The molecular weight excluding hydrogens is 271 g/mol. The number of nitrogens with two attached hydrogens (primary N) is 1. The van der Waals surface area contributed by atoms with Crippen LogP contribution in [-0.4, -0.2) is 23.4 Å². The van der Waals surface area contributed by atoms with Crippen molar-refractivity contribution < 1.29 is 4.79 Å². The van der Waals surface area contributed by atoms with Crippen LogP contribution in [0.15, 0.2) is 18.2 Å². The predicted octanol–water partition coefficient (Wildman–Crippen LogP) is 3.08. The number of benzene rings is 1. The summed E-state index contributed by atoms with van der Waals surface area (Å²) in [5.74, 6) is -0.00130. The van der Waals surface area contributed by atoms with Gasteiger partial charge in [-0.25, -0.2) is 0 Å². The molecule has 0 saturated carbocycles. The summed E-state index contributed by atoms with van der Waals surface area (Å²) in [7, 11) is 1.74. The molecule has 1 amide bonds. The van der Waals surface area contributed by atoms with Crippen LogP contribution in [0.5, 0.6) is 0 Å². The van der Waals surface area contributed by atoms with Gasteiger partial charge in [0, 0.05) is 35.6 Å². The van der Waals surface area contributed by atoms with Gasteiger partial charge in [0.1, 0.15) is 0 Å². The summed E-state index contributed by atoms with van der Waals surface area (Å²) in [6, 6.07) is 5.26. The minimum atomic E-state index is -0.503. The lowest BCUT2D eigenvalue weighted by molar-refractivity contribution is -0.131. The number of halogens is 2. The van der Waals surface area contributed by atoms with Gasteiger partial charge >= 0.3 is 0 Å². The second kappa shape index (κ2) is 5.91. The van der Waals surface area contributed by atoms with Crippen molar-refractivity contribution in [3.05, 3.63) is 33.8 Å². The molecule has 5 heteroatoms. The molecule has 18 heavy (non-hydrogen) atoms. The van der Waals surface area contributed by atoms with Crippen LogP contribution in [0, 0.1) is 0 Å². The Morgan fingerprint density at radius 1 is 1.28 bits per heavy atom. The third kappa shape index (κ3) is 5.25. The third-order valence-electron chi connectivity index (χ3n) is 2.37. The van der Waals surface area contributed by atoms with Crippen LogP contribution in [0.3, 0.4) is 0 Å². The molecular formula is C13H18Cl2N2O. The molecule has 1 aromatic carbocycles. The smallest absolute Gasteiger partial charge is 0.224 e. The summed E-state index contributed by atoms with van der Waals surface area (Å²) in [4.78, 5) is 13.5. The van der Waals surface area contributed by atoms with E-state index in [0.717, 1.165) is 5.56 Å². The quantitative estimate of drug-likeness (QED) is 0.926. The topological polar surface area (TPSA) is 46.3 Å². The zero-order valence-corrected chi connectivity index (χ0v) is 12.3. The highest BCUT2D eigenvalue weighted by Crippen LogP contribution is 2.20. The van der Waals surface area contributed by atoms with Gasteiger partial charge in [-0.3, -0.25) is 4.79 Å². The molecule has 0 aromatic heterocycles. The van der Waals surface area contributed by atoms with Crippen molar-refractivity contribution >= 4 is 29.1 Å². The fraction of sp³-hybridized carbons (Fsp3) is 0.462. The molecule has 0 heterocycles. The van der Waals surface area contributed by atoms with Gasteiger partial charge in [0.15, 0.2) is 0 Å². The second-order valence-electron chi connectivity index (χ2n) is 5.19. The summed E-state index contributed by atoms with van der Waals surface area (Å²) in [5, 5.41) is 1.13. The maximum atomic E-state index is 11.9. The molecule has 0 unspecified atom stereocenters. The molecule has 1 aromatic rings. The normalized spacial score (nSPS) is 11.4. The molecule has 0 aliphatic rings. The van der Waals surface area contributed by atoms with Crippen LogP contribution in [-0.2, 0) is 11.3 Å². The molecule has 0 aliphatic carbocycles. The lowest BCUT2D eigenvalue weighted by atomic mass is 10.0. The summed E-state index contributed by atoms with van der Waals surface area (Å²) in [6.45, 7) is 4.12. The molecule has 0 aliphatic heterocycles. The van der Waals surface area contributed by atoms with Crippen LogP contribution in [0.2, 0.25) is 10.0 Å². The Labute approximate surface area is 118 Å². The van der Waals surface area contributed by atoms with E-state index in [9.17, 15) is 4.79 Å². The average molecular weight is 289 g/mol. The molecule has 0 radical (unpaired) electrons. The van der Waals surface area contributed by atoms with Gasteiger partial charge in [-0.1, -0.05) is 23.2 Å². The molecule has 0 spiro atoms. The largest absolute Gasteiger partial charge is 0.341 e. The lowest BCUT2D eigenvalue weighted by Crippen LogP contribution is -2.39. The summed E-state index contributed by atoms with van der Waals surface area (Å²) >= 11 is 11.8. The van der Waals surface area contributed by atoms with Gasteiger partial charge < -0.3 is 10.6 Å². The fourth-order valence-electron chi connectivity index (χ4n) is 1.59. The van der Waals surface area contributed by atoms with Crippen LogP contribution in [0.25, 0.3) is 0 Å². The van der Waals surface area contributed by atoms with Crippen molar-refractivity contribution in [3.8, 4) is 0 Å². The van der Waals surface area contributed by atoms with Gasteiger partial charge in [0.2, 0.25) is 5.91 Å². The van der Waals surface area contributed by atoms with Crippen molar-refractivity contribution in [2.45, 2.75) is 32.4 Å². The lowest BCUT2D eigenvalue weighted by Gasteiger charge is -2.23. The highest BCUT2D eigenvalue weighted by atomic mass is 35.5. The Balaban J connectivity index is 2.69. The maximum absolute atomic E-state index is 11.9. The molecule has 3 nitrogen and oxygen atoms in total. The van der Waals surface area contributed by atoms with Crippen molar-refractivity contribution in [1.82, 2.24) is 4.90 Å². The van der Waals surface area contributed by atoms with E-state index in [1.54, 1.807) is 30.1 Å². The van der Waals surface area contributed by atoms with Gasteiger partial charge in [-0.15, -0.1) is 0 Å². The van der Waals surface area contributed by atoms with E-state index in [1.165, 1.54) is 0 Å². The Bertz CT molecular complexity index is 421. The highest BCUT2D eigenvalue weighted by Gasteiger charge is 2.19. The van der Waals surface area contributed by atoms with Crippen molar-refractivity contribution in [3.63, 3.8) is 0 Å². The first kappa shape index (κ1) is 15.3. The number of nitrogens with zero attached hydrogens (tertiary/aromatic N) is 1. The number of rotatable bonds is 4. The molecule has 1 rings (SSSR count). The minimum absolute atomic E-state index is 0.00130.